The third-order valence-corrected chi connectivity index (χ3v) is 17.6. The number of imide groups is 2. The van der Waals surface area contributed by atoms with E-state index in [1.165, 1.54) is 9.80 Å². The Bertz CT molecular complexity index is 664. The summed E-state index contributed by atoms with van der Waals surface area (Å²) in [5.41, 5.74) is 0. The van der Waals surface area contributed by atoms with Crippen molar-refractivity contribution < 1.29 is 27.4 Å². The highest BCUT2D eigenvalue weighted by atomic mass is 28.5. The first-order valence-corrected chi connectivity index (χ1v) is 21.3. The van der Waals surface area contributed by atoms with Gasteiger partial charge in [-0.1, -0.05) is 0 Å². The number of rotatable bonds is 12. The Balaban J connectivity index is 1.79. The topological polar surface area (TPSA) is 93.2 Å². The van der Waals surface area contributed by atoms with Gasteiger partial charge in [0.05, 0.1) is 0 Å². The van der Waals surface area contributed by atoms with Crippen LogP contribution in [0.3, 0.4) is 0 Å². The highest BCUT2D eigenvalue weighted by molar-refractivity contribution is 6.87. The number of carbonyl (C=O) groups excluding carboxylic acids is 4. The fourth-order valence-corrected chi connectivity index (χ4v) is 18.9. The van der Waals surface area contributed by atoms with Gasteiger partial charge in [0.15, 0.2) is 16.6 Å². The normalized spacial score (nSPS) is 19.0. The van der Waals surface area contributed by atoms with E-state index >= 15 is 0 Å². The fraction of sp³-hybridized carbons (Fsp3) is 0.818. The zero-order valence-corrected chi connectivity index (χ0v) is 24.3. The van der Waals surface area contributed by atoms with Crippen LogP contribution >= 0.6 is 0 Å². The Morgan fingerprint density at radius 3 is 1.21 bits per heavy atom. The van der Waals surface area contributed by atoms with E-state index in [1.807, 2.05) is 0 Å². The zero-order valence-electron chi connectivity index (χ0n) is 21.3. The van der Waals surface area contributed by atoms with Crippen LogP contribution in [0, 0.1) is 0 Å². The van der Waals surface area contributed by atoms with Gasteiger partial charge < -0.3 is 8.23 Å². The van der Waals surface area contributed by atoms with Crippen molar-refractivity contribution in [1.29, 1.82) is 0 Å². The lowest BCUT2D eigenvalue weighted by molar-refractivity contribution is -0.149. The molecule has 2 rings (SSSR count). The number of nitrogens with zero attached hydrogens (tertiary/aromatic N) is 2. The second-order valence-corrected chi connectivity index (χ2v) is 23.4. The molecule has 188 valence electrons. The zero-order chi connectivity index (χ0) is 24.9. The molecule has 4 amide bonds. The number of hydrogen-bond acceptors (Lipinski definition) is 6. The van der Waals surface area contributed by atoms with Gasteiger partial charge in [-0.15, -0.1) is 0 Å². The monoisotopic (exact) mass is 514 g/mol. The Morgan fingerprint density at radius 1 is 0.606 bits per heavy atom. The molecule has 0 spiro atoms. The maximum absolute atomic E-state index is 12.0. The molecule has 2 aliphatic heterocycles. The minimum atomic E-state index is -2.38. The summed E-state index contributed by atoms with van der Waals surface area (Å²) in [6, 6.07) is 1.73. The molecule has 0 N–H and O–H groups in total. The van der Waals surface area contributed by atoms with Crippen LogP contribution in [0.15, 0.2) is 0 Å². The maximum atomic E-state index is 12.0. The maximum Gasteiger partial charge on any atom is 0.311 e. The third-order valence-electron chi connectivity index (χ3n) is 6.13. The van der Waals surface area contributed by atoms with E-state index in [0.717, 1.165) is 24.9 Å². The Kier molecular flexibility index (Phi) is 9.81. The standard InChI is InChI=1S/C22H42N2O6Si3/c1-31(2,17-9-15-23-19(25)11-7-12-20(23)26)29-33(5,6)30-32(3,4)18-10-16-24-21(27)13-8-14-22(24)28/h7-18H2,1-6H3. The average molecular weight is 515 g/mol. The number of amides is 4. The highest BCUT2D eigenvalue weighted by Crippen LogP contribution is 2.27. The van der Waals surface area contributed by atoms with Crippen molar-refractivity contribution in [3.8, 4) is 0 Å². The van der Waals surface area contributed by atoms with Gasteiger partial charge in [0, 0.05) is 38.8 Å². The molecule has 0 radical (unpaired) electrons. The van der Waals surface area contributed by atoms with Crippen LogP contribution in [-0.4, -0.2) is 71.7 Å². The molecule has 0 aromatic rings. The van der Waals surface area contributed by atoms with Crippen LogP contribution in [0.25, 0.3) is 0 Å². The van der Waals surface area contributed by atoms with Crippen molar-refractivity contribution >= 4 is 48.8 Å². The van der Waals surface area contributed by atoms with Gasteiger partial charge in [-0.25, -0.2) is 0 Å². The van der Waals surface area contributed by atoms with Crippen molar-refractivity contribution in [1.82, 2.24) is 9.80 Å². The third kappa shape index (κ3) is 9.19. The number of piperidine rings is 2. The molecule has 2 saturated heterocycles. The van der Waals surface area contributed by atoms with Crippen molar-refractivity contribution in [2.45, 2.75) is 103 Å². The van der Waals surface area contributed by atoms with Crippen LogP contribution in [0.1, 0.15) is 51.4 Å². The molecule has 11 heteroatoms. The van der Waals surface area contributed by atoms with Gasteiger partial charge in [-0.2, -0.15) is 0 Å². The van der Waals surface area contributed by atoms with Crippen molar-refractivity contribution in [3.05, 3.63) is 0 Å². The van der Waals surface area contributed by atoms with E-state index < -0.39 is 25.2 Å². The van der Waals surface area contributed by atoms with Gasteiger partial charge in [0.25, 0.3) is 0 Å². The number of hydrogen-bond donors (Lipinski definition) is 0. The lowest BCUT2D eigenvalue weighted by atomic mass is 10.1. The molecule has 2 aliphatic rings. The van der Waals surface area contributed by atoms with Crippen molar-refractivity contribution in [2.75, 3.05) is 13.1 Å². The molecule has 0 aromatic heterocycles. The van der Waals surface area contributed by atoms with Crippen LogP contribution in [0.5, 0.6) is 0 Å². The molecular formula is C22H42N2O6Si3. The van der Waals surface area contributed by atoms with E-state index in [1.54, 1.807) is 0 Å². The summed E-state index contributed by atoms with van der Waals surface area (Å²) in [6.07, 6.45) is 4.73. The van der Waals surface area contributed by atoms with E-state index in [2.05, 4.69) is 39.3 Å². The number of carbonyl (C=O) groups is 4. The first-order chi connectivity index (χ1) is 15.2. The van der Waals surface area contributed by atoms with Crippen LogP contribution < -0.4 is 0 Å². The van der Waals surface area contributed by atoms with Crippen LogP contribution in [0.2, 0.25) is 51.4 Å². The minimum Gasteiger partial charge on any atom is -0.437 e. The van der Waals surface area contributed by atoms with Gasteiger partial charge in [0.1, 0.15) is 0 Å². The molecule has 0 aromatic carbocycles. The SMILES string of the molecule is C[Si](C)(CCCN1C(=O)CCCC1=O)O[Si](C)(C)O[Si](C)(C)CCCN1C(=O)CCCC1=O. The predicted molar refractivity (Wildman–Crippen MR) is 135 cm³/mol. The van der Waals surface area contributed by atoms with Gasteiger partial charge in [-0.05, 0) is 77.1 Å². The highest BCUT2D eigenvalue weighted by Gasteiger charge is 2.39. The van der Waals surface area contributed by atoms with Crippen LogP contribution in [-0.2, 0) is 27.4 Å². The van der Waals surface area contributed by atoms with Gasteiger partial charge in [-0.3, -0.25) is 29.0 Å². The average Bonchev–Trinajstić information content (AvgIpc) is 2.64. The first-order valence-electron chi connectivity index (χ1n) is 12.3. The molecule has 2 fully saturated rings. The van der Waals surface area contributed by atoms with E-state index in [9.17, 15) is 19.2 Å². The van der Waals surface area contributed by atoms with E-state index in [-0.39, 0.29) is 23.6 Å². The Hall–Kier alpha value is -1.15. The summed E-state index contributed by atoms with van der Waals surface area (Å²) in [5.74, 6) is -0.202. The molecule has 0 aliphatic carbocycles. The number of likely N-dealkylation sites (tertiary alicyclic amines) is 2. The van der Waals surface area contributed by atoms with E-state index in [0.29, 0.717) is 51.6 Å². The first kappa shape index (κ1) is 28.1. The molecule has 0 unspecified atom stereocenters. The Morgan fingerprint density at radius 2 is 0.909 bits per heavy atom. The largest absolute Gasteiger partial charge is 0.437 e. The van der Waals surface area contributed by atoms with Crippen molar-refractivity contribution in [3.63, 3.8) is 0 Å². The molecular weight excluding hydrogens is 473 g/mol. The smallest absolute Gasteiger partial charge is 0.311 e. The van der Waals surface area contributed by atoms with Crippen LogP contribution in [0.4, 0.5) is 0 Å². The minimum absolute atomic E-state index is 0.0506. The molecule has 2 heterocycles. The summed E-state index contributed by atoms with van der Waals surface area (Å²) < 4.78 is 13.2. The second kappa shape index (κ2) is 11.5. The molecule has 0 saturated carbocycles. The lowest BCUT2D eigenvalue weighted by Crippen LogP contribution is -2.52. The second-order valence-electron chi connectivity index (χ2n) is 10.9. The van der Waals surface area contributed by atoms with Gasteiger partial charge >= 0.3 is 8.56 Å². The van der Waals surface area contributed by atoms with Crippen molar-refractivity contribution in [2.24, 2.45) is 0 Å². The summed E-state index contributed by atoms with van der Waals surface area (Å²) in [7, 11) is -6.44. The molecule has 0 bridgehead atoms. The fourth-order valence-electron chi connectivity index (χ4n) is 4.88. The molecule has 0 atom stereocenters. The summed E-state index contributed by atoms with van der Waals surface area (Å²) in [4.78, 5) is 50.9. The van der Waals surface area contributed by atoms with Gasteiger partial charge in [0.2, 0.25) is 23.6 Å². The quantitative estimate of drug-likeness (QED) is 0.289. The summed E-state index contributed by atoms with van der Waals surface area (Å²) in [6.45, 7) is 13.8. The molecule has 8 nitrogen and oxygen atoms in total. The summed E-state index contributed by atoms with van der Waals surface area (Å²) >= 11 is 0. The lowest BCUT2D eigenvalue weighted by Gasteiger charge is -2.39. The van der Waals surface area contributed by atoms with E-state index in [4.69, 9.17) is 8.23 Å². The predicted octanol–water partition coefficient (Wildman–Crippen LogP) is 3.99. The Labute approximate surface area is 201 Å². The summed E-state index contributed by atoms with van der Waals surface area (Å²) in [5, 5.41) is 0. The molecule has 33 heavy (non-hydrogen) atoms.